The van der Waals surface area contributed by atoms with Crippen molar-refractivity contribution in [2.24, 2.45) is 5.92 Å². The highest BCUT2D eigenvalue weighted by Crippen LogP contribution is 2.44. The van der Waals surface area contributed by atoms with Crippen molar-refractivity contribution in [1.82, 2.24) is 5.32 Å². The summed E-state index contributed by atoms with van der Waals surface area (Å²) in [7, 11) is 0. The van der Waals surface area contributed by atoms with Gasteiger partial charge in [0, 0.05) is 12.1 Å². The van der Waals surface area contributed by atoms with E-state index in [4.69, 9.17) is 0 Å². The molecule has 112 valence electrons. The molecule has 2 heteroatoms. The minimum absolute atomic E-state index is 0.241. The van der Waals surface area contributed by atoms with Gasteiger partial charge in [-0.25, -0.2) is 0 Å². The average Bonchev–Trinajstić information content (AvgIpc) is 2.52. The molecular weight excluding hydrogens is 256 g/mol. The lowest BCUT2D eigenvalue weighted by molar-refractivity contribution is 0.161. The molecule has 2 aliphatic rings. The molecule has 0 saturated heterocycles. The molecule has 2 unspecified atom stereocenters. The maximum atomic E-state index is 9.63. The van der Waals surface area contributed by atoms with Gasteiger partial charge in [-0.2, -0.15) is 5.26 Å². The van der Waals surface area contributed by atoms with Gasteiger partial charge >= 0.3 is 0 Å². The van der Waals surface area contributed by atoms with E-state index in [1.54, 1.807) is 0 Å². The summed E-state index contributed by atoms with van der Waals surface area (Å²) in [5.74, 6) is 0.840. The van der Waals surface area contributed by atoms with E-state index in [2.05, 4.69) is 30.4 Å². The summed E-state index contributed by atoms with van der Waals surface area (Å²) in [5.41, 5.74) is 0.955. The second kappa shape index (κ2) is 6.20. The van der Waals surface area contributed by atoms with Gasteiger partial charge in [0.05, 0.1) is 11.5 Å². The topological polar surface area (TPSA) is 35.8 Å². The summed E-state index contributed by atoms with van der Waals surface area (Å²) in [6.07, 6.45) is 8.69. The number of hydrogen-bond donors (Lipinski definition) is 1. The minimum atomic E-state index is -0.241. The van der Waals surface area contributed by atoms with Crippen LogP contribution in [0.4, 0.5) is 0 Å². The van der Waals surface area contributed by atoms with Gasteiger partial charge in [0.25, 0.3) is 0 Å². The molecule has 2 aliphatic carbocycles. The molecular formula is C19H26N2. The second-order valence-electron chi connectivity index (χ2n) is 6.89. The fourth-order valence-corrected chi connectivity index (χ4v) is 4.27. The van der Waals surface area contributed by atoms with E-state index in [1.807, 2.05) is 18.2 Å². The number of nitrogens with zero attached hydrogens (tertiary/aromatic N) is 1. The summed E-state index contributed by atoms with van der Waals surface area (Å²) < 4.78 is 0. The Kier molecular flexibility index (Phi) is 4.31. The minimum Gasteiger partial charge on any atom is -0.311 e. The third-order valence-electron chi connectivity index (χ3n) is 5.61. The van der Waals surface area contributed by atoms with Crippen LogP contribution in [0.1, 0.15) is 57.4 Å². The molecule has 3 rings (SSSR count). The summed E-state index contributed by atoms with van der Waals surface area (Å²) in [6, 6.07) is 14.1. The van der Waals surface area contributed by atoms with Gasteiger partial charge in [-0.15, -0.1) is 0 Å². The van der Waals surface area contributed by atoms with Crippen molar-refractivity contribution in [2.45, 2.75) is 69.4 Å². The van der Waals surface area contributed by atoms with E-state index in [9.17, 15) is 5.26 Å². The largest absolute Gasteiger partial charge is 0.311 e. The van der Waals surface area contributed by atoms with Crippen LogP contribution in [0, 0.1) is 17.2 Å². The molecule has 1 aromatic rings. The SMILES string of the molecule is CCC1CCCCC1NC1CC(C#N)(c2ccccc2)C1. The molecule has 1 aromatic carbocycles. The molecule has 0 radical (unpaired) electrons. The van der Waals surface area contributed by atoms with E-state index in [-0.39, 0.29) is 5.41 Å². The van der Waals surface area contributed by atoms with Crippen molar-refractivity contribution in [3.05, 3.63) is 35.9 Å². The first kappa shape index (κ1) is 14.6. The summed E-state index contributed by atoms with van der Waals surface area (Å²) >= 11 is 0. The maximum absolute atomic E-state index is 9.63. The highest BCUT2D eigenvalue weighted by Gasteiger charge is 2.46. The monoisotopic (exact) mass is 282 g/mol. The molecule has 0 bridgehead atoms. The van der Waals surface area contributed by atoms with Gasteiger partial charge in [-0.1, -0.05) is 56.5 Å². The van der Waals surface area contributed by atoms with Crippen molar-refractivity contribution in [3.63, 3.8) is 0 Å². The number of benzene rings is 1. The van der Waals surface area contributed by atoms with Gasteiger partial charge in [0.2, 0.25) is 0 Å². The van der Waals surface area contributed by atoms with E-state index < -0.39 is 0 Å². The Morgan fingerprint density at radius 2 is 1.90 bits per heavy atom. The standard InChI is InChI=1S/C19H26N2/c1-2-15-8-6-7-11-18(15)21-17-12-19(13-17,14-20)16-9-4-3-5-10-16/h3-5,9-10,15,17-18,21H,2,6-8,11-13H2,1H3. The van der Waals surface area contributed by atoms with Gasteiger partial charge in [0.15, 0.2) is 0 Å². The number of rotatable bonds is 4. The second-order valence-corrected chi connectivity index (χ2v) is 6.89. The summed E-state index contributed by atoms with van der Waals surface area (Å²) in [6.45, 7) is 2.31. The molecule has 21 heavy (non-hydrogen) atoms. The van der Waals surface area contributed by atoms with E-state index in [1.165, 1.54) is 37.7 Å². The molecule has 0 amide bonds. The van der Waals surface area contributed by atoms with Crippen LogP contribution in [0.25, 0.3) is 0 Å². The van der Waals surface area contributed by atoms with Crippen LogP contribution in [0.5, 0.6) is 0 Å². The predicted octanol–water partition coefficient (Wildman–Crippen LogP) is 4.17. The smallest absolute Gasteiger partial charge is 0.0852 e. The lowest BCUT2D eigenvalue weighted by atomic mass is 9.62. The van der Waals surface area contributed by atoms with E-state index in [0.29, 0.717) is 12.1 Å². The summed E-state index contributed by atoms with van der Waals surface area (Å²) in [5, 5.41) is 13.5. The lowest BCUT2D eigenvalue weighted by Crippen LogP contribution is -2.55. The Balaban J connectivity index is 1.61. The number of nitrogens with one attached hydrogen (secondary N) is 1. The van der Waals surface area contributed by atoms with Gasteiger partial charge in [-0.3, -0.25) is 0 Å². The van der Waals surface area contributed by atoms with Crippen LogP contribution in [-0.2, 0) is 5.41 Å². The van der Waals surface area contributed by atoms with Crippen molar-refractivity contribution in [2.75, 3.05) is 0 Å². The third kappa shape index (κ3) is 2.85. The molecule has 2 fully saturated rings. The predicted molar refractivity (Wildman–Crippen MR) is 85.9 cm³/mol. The zero-order valence-electron chi connectivity index (χ0n) is 13.0. The normalized spacial score (nSPS) is 35.7. The van der Waals surface area contributed by atoms with Gasteiger partial charge < -0.3 is 5.32 Å². The van der Waals surface area contributed by atoms with Gasteiger partial charge in [0.1, 0.15) is 0 Å². The fraction of sp³-hybridized carbons (Fsp3) is 0.632. The van der Waals surface area contributed by atoms with Crippen LogP contribution in [0.2, 0.25) is 0 Å². The summed E-state index contributed by atoms with van der Waals surface area (Å²) in [4.78, 5) is 0. The number of hydrogen-bond acceptors (Lipinski definition) is 2. The Morgan fingerprint density at radius 3 is 2.57 bits per heavy atom. The van der Waals surface area contributed by atoms with E-state index in [0.717, 1.165) is 18.8 Å². The molecule has 2 atom stereocenters. The van der Waals surface area contributed by atoms with Crippen molar-refractivity contribution >= 4 is 0 Å². The maximum Gasteiger partial charge on any atom is 0.0852 e. The van der Waals surface area contributed by atoms with Crippen molar-refractivity contribution in [3.8, 4) is 6.07 Å². The average molecular weight is 282 g/mol. The van der Waals surface area contributed by atoms with Crippen LogP contribution in [-0.4, -0.2) is 12.1 Å². The van der Waals surface area contributed by atoms with Gasteiger partial charge in [-0.05, 0) is 37.2 Å². The molecule has 1 N–H and O–H groups in total. The molecule has 0 spiro atoms. The molecule has 0 aliphatic heterocycles. The Morgan fingerprint density at radius 1 is 1.19 bits per heavy atom. The van der Waals surface area contributed by atoms with E-state index >= 15 is 0 Å². The first-order valence-corrected chi connectivity index (χ1v) is 8.50. The van der Waals surface area contributed by atoms with Crippen LogP contribution < -0.4 is 5.32 Å². The van der Waals surface area contributed by atoms with Crippen LogP contribution in [0.3, 0.4) is 0 Å². The van der Waals surface area contributed by atoms with Crippen LogP contribution >= 0.6 is 0 Å². The quantitative estimate of drug-likeness (QED) is 0.899. The molecule has 2 saturated carbocycles. The lowest BCUT2D eigenvalue weighted by Gasteiger charge is -2.46. The fourth-order valence-electron chi connectivity index (χ4n) is 4.27. The Hall–Kier alpha value is -1.33. The highest BCUT2D eigenvalue weighted by molar-refractivity contribution is 5.36. The van der Waals surface area contributed by atoms with Crippen molar-refractivity contribution in [1.29, 1.82) is 5.26 Å². The third-order valence-corrected chi connectivity index (χ3v) is 5.61. The molecule has 0 aromatic heterocycles. The first-order valence-electron chi connectivity index (χ1n) is 8.50. The first-order chi connectivity index (χ1) is 10.3. The Labute approximate surface area is 128 Å². The van der Waals surface area contributed by atoms with Crippen LogP contribution in [0.15, 0.2) is 30.3 Å². The zero-order valence-corrected chi connectivity index (χ0v) is 13.0. The number of nitriles is 1. The van der Waals surface area contributed by atoms with Crippen molar-refractivity contribution < 1.29 is 0 Å². The molecule has 0 heterocycles. The Bertz CT molecular complexity index is 496. The molecule has 2 nitrogen and oxygen atoms in total. The zero-order chi connectivity index (χ0) is 14.7. The highest BCUT2D eigenvalue weighted by atomic mass is 15.0.